The summed E-state index contributed by atoms with van der Waals surface area (Å²) in [5, 5.41) is 10.1. The van der Waals surface area contributed by atoms with Gasteiger partial charge in [-0.15, -0.1) is 11.3 Å². The van der Waals surface area contributed by atoms with Gasteiger partial charge in [0, 0.05) is 11.3 Å². The van der Waals surface area contributed by atoms with Crippen LogP contribution in [-0.2, 0) is 12.8 Å². The minimum absolute atomic E-state index is 0.0407. The van der Waals surface area contributed by atoms with Crippen LogP contribution < -0.4 is 21.1 Å². The lowest BCUT2D eigenvalue weighted by atomic mass is 9.88. The van der Waals surface area contributed by atoms with Gasteiger partial charge in [0.25, 0.3) is 11.8 Å². The molecule has 202 valence electrons. The molecule has 3 heterocycles. The lowest BCUT2D eigenvalue weighted by Crippen LogP contribution is -2.35. The molecule has 0 saturated carbocycles. The molecule has 0 spiro atoms. The number of amides is 2. The fourth-order valence-corrected chi connectivity index (χ4v) is 7.02. The van der Waals surface area contributed by atoms with E-state index in [0.29, 0.717) is 23.7 Å². The zero-order valence-electron chi connectivity index (χ0n) is 20.5. The standard InChI is InChI=1S/C25H25BrF3N5O3S/c1-11-3-8-14-16(9-11)38-24(18(14)21(30)35)32-23(36)20-19(26)22-31-15(12-4-6-13(37-2)7-5-12)10-17(25(27,28)29)34(22)33-20/h4-7,11,15,17,31H,3,8-10H2,1-2H3,(H2,30,35)(H,32,36)/t11-,15-,17-/m0/s1. The van der Waals surface area contributed by atoms with Crippen LogP contribution in [-0.4, -0.2) is 34.9 Å². The van der Waals surface area contributed by atoms with Crippen LogP contribution in [0.1, 0.15) is 68.7 Å². The van der Waals surface area contributed by atoms with E-state index in [1.54, 1.807) is 24.3 Å². The monoisotopic (exact) mass is 611 g/mol. The molecule has 8 nitrogen and oxygen atoms in total. The summed E-state index contributed by atoms with van der Waals surface area (Å²) in [4.78, 5) is 26.5. The van der Waals surface area contributed by atoms with E-state index in [2.05, 4.69) is 38.6 Å². The van der Waals surface area contributed by atoms with Crippen molar-refractivity contribution in [3.8, 4) is 5.75 Å². The number of methoxy groups -OCH3 is 1. The fraction of sp³-hybridized carbons (Fsp3) is 0.400. The number of ether oxygens (including phenoxy) is 1. The van der Waals surface area contributed by atoms with E-state index >= 15 is 0 Å². The van der Waals surface area contributed by atoms with Crippen molar-refractivity contribution >= 4 is 49.9 Å². The van der Waals surface area contributed by atoms with Crippen LogP contribution >= 0.6 is 27.3 Å². The van der Waals surface area contributed by atoms with Gasteiger partial charge in [-0.2, -0.15) is 18.3 Å². The molecule has 2 aromatic heterocycles. The Morgan fingerprint density at radius 1 is 1.29 bits per heavy atom. The Balaban J connectivity index is 1.48. The summed E-state index contributed by atoms with van der Waals surface area (Å²) in [5.41, 5.74) is 7.14. The number of hydrogen-bond donors (Lipinski definition) is 3. The number of rotatable bonds is 5. The van der Waals surface area contributed by atoms with Crippen LogP contribution in [0.2, 0.25) is 0 Å². The van der Waals surface area contributed by atoms with Gasteiger partial charge in [0.2, 0.25) is 0 Å². The first-order valence-corrected chi connectivity index (χ1v) is 13.6. The molecule has 3 atom stereocenters. The molecule has 0 bridgehead atoms. The minimum atomic E-state index is -4.61. The first-order chi connectivity index (χ1) is 18.0. The summed E-state index contributed by atoms with van der Waals surface area (Å²) >= 11 is 4.57. The van der Waals surface area contributed by atoms with Crippen molar-refractivity contribution in [2.75, 3.05) is 17.7 Å². The molecule has 0 fully saturated rings. The molecule has 2 aliphatic rings. The van der Waals surface area contributed by atoms with Crippen LogP contribution in [0.3, 0.4) is 0 Å². The van der Waals surface area contributed by atoms with Gasteiger partial charge in [0.05, 0.1) is 23.2 Å². The fourth-order valence-electron chi connectivity index (χ4n) is 5.05. The molecular formula is C25H25BrF3N5O3S. The number of nitrogens with one attached hydrogen (secondary N) is 2. The number of alkyl halides is 3. The summed E-state index contributed by atoms with van der Waals surface area (Å²) < 4.78 is 48.5. The molecular weight excluding hydrogens is 587 g/mol. The van der Waals surface area contributed by atoms with Gasteiger partial charge >= 0.3 is 6.18 Å². The Morgan fingerprint density at radius 3 is 2.63 bits per heavy atom. The smallest absolute Gasteiger partial charge is 0.410 e. The normalized spacial score (nSPS) is 20.7. The highest BCUT2D eigenvalue weighted by Gasteiger charge is 2.48. The van der Waals surface area contributed by atoms with Crippen molar-refractivity contribution in [3.63, 3.8) is 0 Å². The van der Waals surface area contributed by atoms with Gasteiger partial charge in [-0.05, 0) is 64.4 Å². The summed E-state index contributed by atoms with van der Waals surface area (Å²) in [6.45, 7) is 2.11. The van der Waals surface area contributed by atoms with Crippen molar-refractivity contribution in [2.45, 2.75) is 50.9 Å². The van der Waals surface area contributed by atoms with Crippen LogP contribution in [0, 0.1) is 5.92 Å². The number of primary amides is 1. The first kappa shape index (κ1) is 26.5. The highest BCUT2D eigenvalue weighted by Crippen LogP contribution is 2.47. The number of carbonyl (C=O) groups excluding carboxylic acids is 2. The van der Waals surface area contributed by atoms with Gasteiger partial charge < -0.3 is 21.1 Å². The predicted octanol–water partition coefficient (Wildman–Crippen LogP) is 5.85. The van der Waals surface area contributed by atoms with E-state index in [1.807, 2.05) is 0 Å². The molecule has 38 heavy (non-hydrogen) atoms. The topological polar surface area (TPSA) is 111 Å². The Bertz CT molecular complexity index is 1400. The lowest BCUT2D eigenvalue weighted by Gasteiger charge is -2.33. The SMILES string of the molecule is COc1ccc([C@@H]2C[C@@H](C(F)(F)F)n3nc(C(=O)Nc4sc5c(c4C(N)=O)CC[C@H](C)C5)c(Br)c3N2)cc1. The third kappa shape index (κ3) is 4.77. The number of benzene rings is 1. The Kier molecular flexibility index (Phi) is 6.93. The third-order valence-corrected chi connectivity index (χ3v) is 8.93. The summed E-state index contributed by atoms with van der Waals surface area (Å²) in [6, 6.07) is 4.11. The van der Waals surface area contributed by atoms with Crippen molar-refractivity contribution in [2.24, 2.45) is 11.7 Å². The van der Waals surface area contributed by atoms with E-state index < -0.39 is 30.1 Å². The highest BCUT2D eigenvalue weighted by molar-refractivity contribution is 9.10. The van der Waals surface area contributed by atoms with Crippen molar-refractivity contribution in [3.05, 3.63) is 56.0 Å². The molecule has 3 aromatic rings. The zero-order chi connectivity index (χ0) is 27.4. The maximum atomic E-state index is 14.1. The Labute approximate surface area is 228 Å². The zero-order valence-corrected chi connectivity index (χ0v) is 22.9. The van der Waals surface area contributed by atoms with Gasteiger partial charge in [-0.1, -0.05) is 19.1 Å². The van der Waals surface area contributed by atoms with Crippen LogP contribution in [0.5, 0.6) is 5.75 Å². The maximum absolute atomic E-state index is 14.1. The largest absolute Gasteiger partial charge is 0.497 e. The number of anilines is 2. The van der Waals surface area contributed by atoms with Crippen LogP contribution in [0.15, 0.2) is 28.7 Å². The number of nitrogens with two attached hydrogens (primary N) is 1. The average Bonchev–Trinajstić information content (AvgIpc) is 3.39. The maximum Gasteiger partial charge on any atom is 0.410 e. The van der Waals surface area contributed by atoms with Gasteiger partial charge in [0.1, 0.15) is 16.6 Å². The quantitative estimate of drug-likeness (QED) is 0.335. The van der Waals surface area contributed by atoms with Gasteiger partial charge in [0.15, 0.2) is 11.7 Å². The summed E-state index contributed by atoms with van der Waals surface area (Å²) in [5.74, 6) is -0.335. The van der Waals surface area contributed by atoms with Gasteiger partial charge in [-0.3, -0.25) is 9.59 Å². The first-order valence-electron chi connectivity index (χ1n) is 12.0. The third-order valence-electron chi connectivity index (χ3n) is 7.01. The number of fused-ring (bicyclic) bond motifs is 2. The highest BCUT2D eigenvalue weighted by atomic mass is 79.9. The molecule has 1 aromatic carbocycles. The van der Waals surface area contributed by atoms with E-state index in [-0.39, 0.29) is 33.0 Å². The number of nitrogens with zero attached hydrogens (tertiary/aromatic N) is 2. The molecule has 0 saturated heterocycles. The van der Waals surface area contributed by atoms with Gasteiger partial charge in [-0.25, -0.2) is 4.68 Å². The summed E-state index contributed by atoms with van der Waals surface area (Å²) in [6.07, 6.45) is -2.59. The van der Waals surface area contributed by atoms with Crippen molar-refractivity contribution in [1.82, 2.24) is 9.78 Å². The number of carbonyl (C=O) groups is 2. The number of aromatic nitrogens is 2. The molecule has 0 unspecified atom stereocenters. The molecule has 0 radical (unpaired) electrons. The summed E-state index contributed by atoms with van der Waals surface area (Å²) in [7, 11) is 1.51. The predicted molar refractivity (Wildman–Crippen MR) is 141 cm³/mol. The second-order valence-corrected chi connectivity index (χ2v) is 11.5. The second-order valence-electron chi connectivity index (χ2n) is 9.59. The van der Waals surface area contributed by atoms with Crippen LogP contribution in [0.25, 0.3) is 0 Å². The van der Waals surface area contributed by atoms with E-state index in [1.165, 1.54) is 18.4 Å². The lowest BCUT2D eigenvalue weighted by molar-refractivity contribution is -0.173. The van der Waals surface area contributed by atoms with Crippen molar-refractivity contribution < 1.29 is 27.5 Å². The molecule has 4 N–H and O–H groups in total. The molecule has 5 rings (SSSR count). The van der Waals surface area contributed by atoms with Crippen molar-refractivity contribution in [1.29, 1.82) is 0 Å². The number of halogens is 4. The molecule has 1 aliphatic heterocycles. The van der Waals surface area contributed by atoms with Crippen LogP contribution in [0.4, 0.5) is 24.0 Å². The van der Waals surface area contributed by atoms with E-state index in [0.717, 1.165) is 28.0 Å². The Hall–Kier alpha value is -3.06. The molecule has 13 heteroatoms. The Morgan fingerprint density at radius 2 is 2.00 bits per heavy atom. The average molecular weight is 612 g/mol. The molecule has 1 aliphatic carbocycles. The second kappa shape index (κ2) is 9.92. The number of thiophene rings is 1. The minimum Gasteiger partial charge on any atom is -0.497 e. The number of hydrogen-bond acceptors (Lipinski definition) is 6. The van der Waals surface area contributed by atoms with E-state index in [4.69, 9.17) is 10.5 Å². The molecule has 2 amide bonds. The van der Waals surface area contributed by atoms with E-state index in [9.17, 15) is 22.8 Å².